The summed E-state index contributed by atoms with van der Waals surface area (Å²) in [4.78, 5) is 18.7. The summed E-state index contributed by atoms with van der Waals surface area (Å²) >= 11 is 1.66. The van der Waals surface area contributed by atoms with Gasteiger partial charge in [0.1, 0.15) is 5.01 Å². The van der Waals surface area contributed by atoms with E-state index < -0.39 is 0 Å². The van der Waals surface area contributed by atoms with Crippen LogP contribution >= 0.6 is 11.3 Å². The molecule has 0 spiro atoms. The van der Waals surface area contributed by atoms with Crippen LogP contribution in [0.4, 0.5) is 0 Å². The number of hydrogen-bond donors (Lipinski definition) is 1. The number of carbonyl (C=O) groups is 1. The van der Waals surface area contributed by atoms with E-state index in [0.29, 0.717) is 18.9 Å². The predicted octanol–water partition coefficient (Wildman–Crippen LogP) is 2.77. The lowest BCUT2D eigenvalue weighted by molar-refractivity contribution is -0.131. The van der Waals surface area contributed by atoms with Gasteiger partial charge in [0.2, 0.25) is 5.91 Å². The van der Waals surface area contributed by atoms with Crippen molar-refractivity contribution in [1.82, 2.24) is 9.88 Å². The first-order chi connectivity index (χ1) is 10.1. The van der Waals surface area contributed by atoms with Gasteiger partial charge >= 0.3 is 0 Å². The molecule has 2 N–H and O–H groups in total. The van der Waals surface area contributed by atoms with E-state index in [9.17, 15) is 4.79 Å². The van der Waals surface area contributed by atoms with Crippen molar-refractivity contribution in [3.63, 3.8) is 0 Å². The van der Waals surface area contributed by atoms with Crippen LogP contribution < -0.4 is 5.73 Å². The number of thiazole rings is 1. The van der Waals surface area contributed by atoms with Crippen molar-refractivity contribution >= 4 is 27.5 Å². The van der Waals surface area contributed by atoms with Gasteiger partial charge in [-0.05, 0) is 30.9 Å². The molecule has 1 aliphatic rings. The second-order valence-corrected chi connectivity index (χ2v) is 7.00. The number of hydrogen-bond acceptors (Lipinski definition) is 4. The van der Waals surface area contributed by atoms with E-state index in [1.54, 1.807) is 16.2 Å². The summed E-state index contributed by atoms with van der Waals surface area (Å²) in [5, 5.41) is 0.989. The number of benzene rings is 1. The van der Waals surface area contributed by atoms with E-state index in [0.717, 1.165) is 29.8 Å². The van der Waals surface area contributed by atoms with Crippen molar-refractivity contribution in [2.75, 3.05) is 7.05 Å². The molecular formula is C16H21N3OS. The van der Waals surface area contributed by atoms with Crippen molar-refractivity contribution in [2.45, 2.75) is 38.3 Å². The number of carbonyl (C=O) groups excluding carboxylic acids is 1. The molecule has 1 saturated carbocycles. The second-order valence-electron chi connectivity index (χ2n) is 5.88. The molecule has 1 heterocycles. The Labute approximate surface area is 129 Å². The van der Waals surface area contributed by atoms with Crippen LogP contribution in [0.25, 0.3) is 10.2 Å². The summed E-state index contributed by atoms with van der Waals surface area (Å²) in [7, 11) is 1.86. The van der Waals surface area contributed by atoms with Crippen molar-refractivity contribution in [3.8, 4) is 0 Å². The fourth-order valence-electron chi connectivity index (χ4n) is 2.98. The highest BCUT2D eigenvalue weighted by atomic mass is 32.1. The van der Waals surface area contributed by atoms with Gasteiger partial charge < -0.3 is 10.6 Å². The minimum atomic E-state index is 0.177. The summed E-state index contributed by atoms with van der Waals surface area (Å²) in [5.41, 5.74) is 7.06. The molecule has 21 heavy (non-hydrogen) atoms. The van der Waals surface area contributed by atoms with Gasteiger partial charge in [-0.2, -0.15) is 0 Å². The van der Waals surface area contributed by atoms with Crippen LogP contribution in [0.5, 0.6) is 0 Å². The molecule has 0 saturated heterocycles. The number of fused-ring (bicyclic) bond motifs is 1. The third-order valence-electron chi connectivity index (χ3n) is 4.29. The largest absolute Gasteiger partial charge is 0.339 e. The zero-order valence-corrected chi connectivity index (χ0v) is 13.1. The van der Waals surface area contributed by atoms with Gasteiger partial charge in [0.15, 0.2) is 0 Å². The molecule has 1 amide bonds. The molecule has 0 aliphatic heterocycles. The summed E-state index contributed by atoms with van der Waals surface area (Å²) in [5.74, 6) is 0.534. The number of nitrogens with zero attached hydrogens (tertiary/aromatic N) is 2. The van der Waals surface area contributed by atoms with Gasteiger partial charge in [-0.1, -0.05) is 18.6 Å². The van der Waals surface area contributed by atoms with Gasteiger partial charge in [0, 0.05) is 19.5 Å². The fourth-order valence-corrected chi connectivity index (χ4v) is 4.00. The zero-order valence-electron chi connectivity index (χ0n) is 12.3. The second kappa shape index (κ2) is 6.12. The first-order valence-corrected chi connectivity index (χ1v) is 8.29. The van der Waals surface area contributed by atoms with Crippen molar-refractivity contribution in [2.24, 2.45) is 11.7 Å². The van der Waals surface area contributed by atoms with Gasteiger partial charge in [-0.15, -0.1) is 11.3 Å². The standard InChI is InChI=1S/C16H21N3OS/c1-19(16(20)9-11-5-4-6-12(11)17)10-15-18-13-7-2-3-8-14(13)21-15/h2-3,7-8,11-12H,4-6,9-10,17H2,1H3/t11-,12+/m0/s1. The number of amides is 1. The minimum absolute atomic E-state index is 0.177. The predicted molar refractivity (Wildman–Crippen MR) is 86.0 cm³/mol. The van der Waals surface area contributed by atoms with Gasteiger partial charge in [0.25, 0.3) is 0 Å². The van der Waals surface area contributed by atoms with Gasteiger partial charge in [0.05, 0.1) is 16.8 Å². The van der Waals surface area contributed by atoms with Crippen molar-refractivity contribution in [3.05, 3.63) is 29.3 Å². The molecule has 0 unspecified atom stereocenters. The lowest BCUT2D eigenvalue weighted by atomic mass is 9.99. The Bertz CT molecular complexity index is 606. The van der Waals surface area contributed by atoms with Crippen LogP contribution in [0.2, 0.25) is 0 Å². The van der Waals surface area contributed by atoms with E-state index >= 15 is 0 Å². The Morgan fingerprint density at radius 2 is 2.24 bits per heavy atom. The number of nitrogens with two attached hydrogens (primary N) is 1. The summed E-state index contributed by atoms with van der Waals surface area (Å²) in [6, 6.07) is 8.28. The lowest BCUT2D eigenvalue weighted by Gasteiger charge is -2.20. The topological polar surface area (TPSA) is 59.2 Å². The number of rotatable bonds is 4. The Hall–Kier alpha value is -1.46. The molecule has 4 nitrogen and oxygen atoms in total. The third kappa shape index (κ3) is 3.24. The average Bonchev–Trinajstić information content (AvgIpc) is 3.04. The molecule has 1 aliphatic carbocycles. The Morgan fingerprint density at radius 3 is 2.95 bits per heavy atom. The average molecular weight is 303 g/mol. The highest BCUT2D eigenvalue weighted by Gasteiger charge is 2.27. The van der Waals surface area contributed by atoms with E-state index in [1.807, 2.05) is 25.2 Å². The summed E-state index contributed by atoms with van der Waals surface area (Å²) in [6.45, 7) is 0.583. The maximum atomic E-state index is 12.3. The molecule has 2 aromatic rings. The van der Waals surface area contributed by atoms with E-state index in [1.165, 1.54) is 4.70 Å². The van der Waals surface area contributed by atoms with Crippen molar-refractivity contribution < 1.29 is 4.79 Å². The molecule has 2 atom stereocenters. The Morgan fingerprint density at radius 1 is 1.43 bits per heavy atom. The molecule has 1 aromatic heterocycles. The highest BCUT2D eigenvalue weighted by molar-refractivity contribution is 7.18. The maximum absolute atomic E-state index is 12.3. The van der Waals surface area contributed by atoms with Crippen LogP contribution in [0.3, 0.4) is 0 Å². The molecule has 112 valence electrons. The van der Waals surface area contributed by atoms with E-state index in [2.05, 4.69) is 11.1 Å². The molecular weight excluding hydrogens is 282 g/mol. The van der Waals surface area contributed by atoms with Crippen LogP contribution in [0.1, 0.15) is 30.7 Å². The fraction of sp³-hybridized carbons (Fsp3) is 0.500. The van der Waals surface area contributed by atoms with Gasteiger partial charge in [-0.3, -0.25) is 4.79 Å². The summed E-state index contributed by atoms with van der Waals surface area (Å²) in [6.07, 6.45) is 3.87. The van der Waals surface area contributed by atoms with Crippen LogP contribution in [0, 0.1) is 5.92 Å². The lowest BCUT2D eigenvalue weighted by Crippen LogP contribution is -2.32. The Kier molecular flexibility index (Phi) is 4.22. The molecule has 3 rings (SSSR count). The monoisotopic (exact) mass is 303 g/mol. The molecule has 0 radical (unpaired) electrons. The molecule has 1 aromatic carbocycles. The number of aromatic nitrogens is 1. The van der Waals surface area contributed by atoms with Crippen molar-refractivity contribution in [1.29, 1.82) is 0 Å². The normalized spacial score (nSPS) is 21.8. The summed E-state index contributed by atoms with van der Waals surface area (Å²) < 4.78 is 1.17. The molecule has 0 bridgehead atoms. The van der Waals surface area contributed by atoms with Crippen LogP contribution in [-0.4, -0.2) is 28.9 Å². The van der Waals surface area contributed by atoms with E-state index in [-0.39, 0.29) is 11.9 Å². The minimum Gasteiger partial charge on any atom is -0.339 e. The Balaban J connectivity index is 1.62. The number of para-hydroxylation sites is 1. The van der Waals surface area contributed by atoms with Crippen LogP contribution in [-0.2, 0) is 11.3 Å². The smallest absolute Gasteiger partial charge is 0.223 e. The third-order valence-corrected chi connectivity index (χ3v) is 5.31. The maximum Gasteiger partial charge on any atom is 0.223 e. The van der Waals surface area contributed by atoms with Gasteiger partial charge in [-0.25, -0.2) is 4.98 Å². The molecule has 1 fully saturated rings. The van der Waals surface area contributed by atoms with E-state index in [4.69, 9.17) is 5.73 Å². The first kappa shape index (κ1) is 14.5. The zero-order chi connectivity index (χ0) is 14.8. The highest BCUT2D eigenvalue weighted by Crippen LogP contribution is 2.28. The first-order valence-electron chi connectivity index (χ1n) is 7.47. The quantitative estimate of drug-likeness (QED) is 0.945. The molecule has 5 heteroatoms. The SMILES string of the molecule is CN(Cc1nc2ccccc2s1)C(=O)C[C@@H]1CCC[C@H]1N. The van der Waals surface area contributed by atoms with Crippen LogP contribution in [0.15, 0.2) is 24.3 Å².